The van der Waals surface area contributed by atoms with Crippen molar-refractivity contribution in [2.75, 3.05) is 5.75 Å². The van der Waals surface area contributed by atoms with E-state index in [1.54, 1.807) is 0 Å². The fraction of sp³-hybridized carbons (Fsp3) is 0.583. The van der Waals surface area contributed by atoms with E-state index in [1.807, 2.05) is 29.3 Å². The van der Waals surface area contributed by atoms with Crippen LogP contribution in [0.25, 0.3) is 0 Å². The maximum Gasteiger partial charge on any atom is 0.261 e. The summed E-state index contributed by atoms with van der Waals surface area (Å²) in [6, 6.07) is 4.18. The minimum Gasteiger partial charge on any atom is -0.347 e. The molecule has 88 valence electrons. The molecule has 16 heavy (non-hydrogen) atoms. The number of rotatable bonds is 4. The highest BCUT2D eigenvalue weighted by Gasteiger charge is 2.28. The first-order valence-electron chi connectivity index (χ1n) is 5.77. The fourth-order valence-corrected chi connectivity index (χ4v) is 3.98. The summed E-state index contributed by atoms with van der Waals surface area (Å²) in [4.78, 5) is 12.7. The summed E-state index contributed by atoms with van der Waals surface area (Å²) in [7, 11) is 0. The summed E-state index contributed by atoms with van der Waals surface area (Å²) < 4.78 is 0. The smallest absolute Gasteiger partial charge is 0.261 e. The van der Waals surface area contributed by atoms with E-state index in [0.29, 0.717) is 11.3 Å². The van der Waals surface area contributed by atoms with Crippen LogP contribution in [0.2, 0.25) is 0 Å². The lowest BCUT2D eigenvalue weighted by Crippen LogP contribution is -2.38. The Morgan fingerprint density at radius 1 is 1.62 bits per heavy atom. The molecule has 0 aliphatic heterocycles. The molecule has 0 saturated heterocycles. The molecule has 0 bridgehead atoms. The second-order valence-corrected chi connectivity index (χ2v) is 6.45. The van der Waals surface area contributed by atoms with E-state index in [2.05, 4.69) is 12.2 Å². The van der Waals surface area contributed by atoms with Gasteiger partial charge in [0.15, 0.2) is 0 Å². The van der Waals surface area contributed by atoms with Crippen molar-refractivity contribution in [2.24, 2.45) is 0 Å². The van der Waals surface area contributed by atoms with Crippen LogP contribution in [0, 0.1) is 0 Å². The predicted octanol–water partition coefficient (Wildman–Crippen LogP) is 3.15. The van der Waals surface area contributed by atoms with Gasteiger partial charge in [-0.25, -0.2) is 0 Å². The maximum absolute atomic E-state index is 11.9. The Morgan fingerprint density at radius 2 is 2.50 bits per heavy atom. The standard InChI is InChI=1S/C12H17NOS2/c1-2-15-10-6-3-5-9(10)13-12(14)11-7-4-8-16-11/h4,7-10H,2-3,5-6H2,1H3,(H,13,14). The Hall–Kier alpha value is -0.480. The van der Waals surface area contributed by atoms with Crippen LogP contribution >= 0.6 is 23.1 Å². The average Bonchev–Trinajstić information content (AvgIpc) is 2.90. The number of nitrogens with one attached hydrogen (secondary N) is 1. The van der Waals surface area contributed by atoms with Gasteiger partial charge in [0.2, 0.25) is 0 Å². The summed E-state index contributed by atoms with van der Waals surface area (Å²) in [5.41, 5.74) is 0. The first-order chi connectivity index (χ1) is 7.81. The molecule has 1 aliphatic rings. The first kappa shape index (κ1) is 12.0. The van der Waals surface area contributed by atoms with Gasteiger partial charge in [-0.3, -0.25) is 4.79 Å². The van der Waals surface area contributed by atoms with Crippen molar-refractivity contribution in [2.45, 2.75) is 37.5 Å². The number of hydrogen-bond acceptors (Lipinski definition) is 3. The zero-order valence-corrected chi connectivity index (χ0v) is 11.1. The SMILES string of the molecule is CCSC1CCCC1NC(=O)c1cccs1. The molecular weight excluding hydrogens is 238 g/mol. The van der Waals surface area contributed by atoms with Gasteiger partial charge in [-0.1, -0.05) is 19.4 Å². The van der Waals surface area contributed by atoms with Gasteiger partial charge in [0.1, 0.15) is 0 Å². The molecule has 1 aliphatic carbocycles. The number of thioether (sulfide) groups is 1. The summed E-state index contributed by atoms with van der Waals surface area (Å²) >= 11 is 3.49. The van der Waals surface area contributed by atoms with Crippen molar-refractivity contribution in [3.05, 3.63) is 22.4 Å². The van der Waals surface area contributed by atoms with E-state index in [9.17, 15) is 4.79 Å². The molecule has 0 aromatic carbocycles. The molecule has 1 aromatic rings. The van der Waals surface area contributed by atoms with E-state index < -0.39 is 0 Å². The first-order valence-corrected chi connectivity index (χ1v) is 7.70. The van der Waals surface area contributed by atoms with Crippen molar-refractivity contribution in [1.82, 2.24) is 5.32 Å². The third-order valence-corrected chi connectivity index (χ3v) is 5.09. The number of thiophene rings is 1. The zero-order valence-electron chi connectivity index (χ0n) is 9.44. The molecule has 1 fully saturated rings. The van der Waals surface area contributed by atoms with Gasteiger partial charge in [-0.2, -0.15) is 11.8 Å². The molecule has 0 spiro atoms. The monoisotopic (exact) mass is 255 g/mol. The van der Waals surface area contributed by atoms with Crippen molar-refractivity contribution >= 4 is 29.0 Å². The highest BCUT2D eigenvalue weighted by Crippen LogP contribution is 2.30. The van der Waals surface area contributed by atoms with Crippen LogP contribution in [0.1, 0.15) is 35.9 Å². The fourth-order valence-electron chi connectivity index (χ4n) is 2.15. The van der Waals surface area contributed by atoms with E-state index in [-0.39, 0.29) is 5.91 Å². The summed E-state index contributed by atoms with van der Waals surface area (Å²) in [6.07, 6.45) is 3.62. The predicted molar refractivity (Wildman–Crippen MR) is 71.3 cm³/mol. The number of amides is 1. The van der Waals surface area contributed by atoms with Crippen molar-refractivity contribution in [3.8, 4) is 0 Å². The van der Waals surface area contributed by atoms with E-state index in [1.165, 1.54) is 24.2 Å². The van der Waals surface area contributed by atoms with Crippen molar-refractivity contribution in [3.63, 3.8) is 0 Å². The lowest BCUT2D eigenvalue weighted by atomic mass is 10.2. The Labute approximate surface area is 105 Å². The molecule has 1 saturated carbocycles. The van der Waals surface area contributed by atoms with Gasteiger partial charge < -0.3 is 5.32 Å². The Balaban J connectivity index is 1.91. The number of carbonyl (C=O) groups excluding carboxylic acids is 1. The summed E-state index contributed by atoms with van der Waals surface area (Å²) in [5, 5.41) is 5.73. The zero-order chi connectivity index (χ0) is 11.4. The number of hydrogen-bond donors (Lipinski definition) is 1. The van der Waals surface area contributed by atoms with Crippen molar-refractivity contribution < 1.29 is 4.79 Å². The van der Waals surface area contributed by atoms with Crippen LogP contribution in [0.4, 0.5) is 0 Å². The van der Waals surface area contributed by atoms with Crippen molar-refractivity contribution in [1.29, 1.82) is 0 Å². The normalized spacial score (nSPS) is 24.6. The van der Waals surface area contributed by atoms with Gasteiger partial charge in [0.25, 0.3) is 5.91 Å². The van der Waals surface area contributed by atoms with Crippen LogP contribution in [0.3, 0.4) is 0 Å². The molecular formula is C12H17NOS2. The lowest BCUT2D eigenvalue weighted by molar-refractivity contribution is 0.0943. The highest BCUT2D eigenvalue weighted by atomic mass is 32.2. The Kier molecular flexibility index (Phi) is 4.29. The summed E-state index contributed by atoms with van der Waals surface area (Å²) in [5.74, 6) is 1.24. The van der Waals surface area contributed by atoms with Gasteiger partial charge in [0, 0.05) is 11.3 Å². The van der Waals surface area contributed by atoms with Crippen LogP contribution in [0.15, 0.2) is 17.5 Å². The molecule has 2 nitrogen and oxygen atoms in total. The third-order valence-electron chi connectivity index (χ3n) is 2.89. The second kappa shape index (κ2) is 5.73. The Bertz CT molecular complexity index is 337. The molecule has 1 N–H and O–H groups in total. The topological polar surface area (TPSA) is 29.1 Å². The molecule has 1 aromatic heterocycles. The quantitative estimate of drug-likeness (QED) is 0.895. The van der Waals surface area contributed by atoms with Gasteiger partial charge in [0.05, 0.1) is 4.88 Å². The maximum atomic E-state index is 11.9. The van der Waals surface area contributed by atoms with E-state index >= 15 is 0 Å². The third kappa shape index (κ3) is 2.80. The van der Waals surface area contributed by atoms with Gasteiger partial charge >= 0.3 is 0 Å². The van der Waals surface area contributed by atoms with Crippen LogP contribution in [-0.4, -0.2) is 23.0 Å². The highest BCUT2D eigenvalue weighted by molar-refractivity contribution is 7.99. The minimum absolute atomic E-state index is 0.101. The minimum atomic E-state index is 0.101. The van der Waals surface area contributed by atoms with Crippen LogP contribution < -0.4 is 5.32 Å². The molecule has 1 amide bonds. The van der Waals surface area contributed by atoms with Gasteiger partial charge in [-0.05, 0) is 30.0 Å². The van der Waals surface area contributed by atoms with Gasteiger partial charge in [-0.15, -0.1) is 11.3 Å². The molecule has 1 heterocycles. The number of carbonyl (C=O) groups is 1. The molecule has 0 radical (unpaired) electrons. The Morgan fingerprint density at radius 3 is 3.19 bits per heavy atom. The molecule has 4 heteroatoms. The molecule has 2 rings (SSSR count). The molecule has 2 atom stereocenters. The lowest BCUT2D eigenvalue weighted by Gasteiger charge is -2.19. The average molecular weight is 255 g/mol. The van der Waals surface area contributed by atoms with Crippen LogP contribution in [0.5, 0.6) is 0 Å². The largest absolute Gasteiger partial charge is 0.347 e. The van der Waals surface area contributed by atoms with E-state index in [0.717, 1.165) is 17.1 Å². The van der Waals surface area contributed by atoms with E-state index in [4.69, 9.17) is 0 Å². The molecule has 2 unspecified atom stereocenters. The van der Waals surface area contributed by atoms with Crippen LogP contribution in [-0.2, 0) is 0 Å². The summed E-state index contributed by atoms with van der Waals surface area (Å²) in [6.45, 7) is 2.18. The second-order valence-electron chi connectivity index (χ2n) is 3.98.